The van der Waals surface area contributed by atoms with Crippen molar-refractivity contribution < 1.29 is 4.39 Å². The highest BCUT2D eigenvalue weighted by Crippen LogP contribution is 2.27. The quantitative estimate of drug-likeness (QED) is 0.598. The van der Waals surface area contributed by atoms with E-state index in [0.29, 0.717) is 18.5 Å². The average Bonchev–Trinajstić information content (AvgIpc) is 3.23. The molecule has 3 rings (SSSR count). The van der Waals surface area contributed by atoms with E-state index in [1.807, 2.05) is 44.9 Å². The zero-order chi connectivity index (χ0) is 20.8. The Hall–Kier alpha value is -2.41. The topological polar surface area (TPSA) is 48.7 Å². The molecule has 2 aromatic rings. The third kappa shape index (κ3) is 5.35. The SMILES string of the molecule is CCNC(=NCC(c1ccc(F)cc1)N(C)C)N1CCC(C)C(n2ccnc2)C1. The molecule has 0 bridgehead atoms. The number of imidazole rings is 1. The molecule has 1 saturated heterocycles. The molecule has 3 atom stereocenters. The van der Waals surface area contributed by atoms with Crippen molar-refractivity contribution in [3.8, 4) is 0 Å². The van der Waals surface area contributed by atoms with Crippen LogP contribution in [0.4, 0.5) is 4.39 Å². The van der Waals surface area contributed by atoms with Gasteiger partial charge in [0.05, 0.1) is 25.0 Å². The molecule has 0 aliphatic carbocycles. The Morgan fingerprint density at radius 3 is 2.72 bits per heavy atom. The molecule has 0 radical (unpaired) electrons. The van der Waals surface area contributed by atoms with Crippen molar-refractivity contribution in [1.82, 2.24) is 24.7 Å². The predicted octanol–water partition coefficient (Wildman–Crippen LogP) is 3.17. The van der Waals surface area contributed by atoms with Crippen molar-refractivity contribution in [3.63, 3.8) is 0 Å². The molecule has 0 spiro atoms. The molecule has 6 nitrogen and oxygen atoms in total. The summed E-state index contributed by atoms with van der Waals surface area (Å²) in [6, 6.07) is 7.21. The van der Waals surface area contributed by atoms with Gasteiger partial charge in [-0.15, -0.1) is 0 Å². The molecular formula is C22H33FN6. The van der Waals surface area contributed by atoms with Gasteiger partial charge in [-0.1, -0.05) is 19.1 Å². The first kappa shape index (κ1) is 21.3. The van der Waals surface area contributed by atoms with Crippen molar-refractivity contribution in [3.05, 3.63) is 54.4 Å². The van der Waals surface area contributed by atoms with Gasteiger partial charge in [0.25, 0.3) is 0 Å². The minimum Gasteiger partial charge on any atom is -0.357 e. The molecule has 3 unspecified atom stereocenters. The van der Waals surface area contributed by atoms with Crippen molar-refractivity contribution in [2.45, 2.75) is 32.4 Å². The predicted molar refractivity (Wildman–Crippen MR) is 115 cm³/mol. The summed E-state index contributed by atoms with van der Waals surface area (Å²) in [6.45, 7) is 7.74. The van der Waals surface area contributed by atoms with Crippen LogP contribution in [-0.2, 0) is 0 Å². The van der Waals surface area contributed by atoms with Crippen LogP contribution < -0.4 is 5.32 Å². The summed E-state index contributed by atoms with van der Waals surface area (Å²) in [7, 11) is 4.07. The normalized spacial score (nSPS) is 21.4. The van der Waals surface area contributed by atoms with E-state index in [9.17, 15) is 4.39 Å². The lowest BCUT2D eigenvalue weighted by Crippen LogP contribution is -2.49. The molecular weight excluding hydrogens is 367 g/mol. The Bertz CT molecular complexity index is 771. The maximum Gasteiger partial charge on any atom is 0.194 e. The van der Waals surface area contributed by atoms with Gasteiger partial charge >= 0.3 is 0 Å². The second-order valence-electron chi connectivity index (χ2n) is 8.01. The third-order valence-electron chi connectivity index (χ3n) is 5.75. The Morgan fingerprint density at radius 1 is 1.34 bits per heavy atom. The van der Waals surface area contributed by atoms with Crippen LogP contribution in [0.5, 0.6) is 0 Å². The molecule has 1 aliphatic heterocycles. The summed E-state index contributed by atoms with van der Waals surface area (Å²) in [4.78, 5) is 13.7. The fourth-order valence-corrected chi connectivity index (χ4v) is 3.95. The Kier molecular flexibility index (Phi) is 7.25. The molecule has 0 saturated carbocycles. The first-order valence-electron chi connectivity index (χ1n) is 10.4. The monoisotopic (exact) mass is 400 g/mol. The van der Waals surface area contributed by atoms with Gasteiger partial charge in [0.2, 0.25) is 0 Å². The second kappa shape index (κ2) is 9.87. The molecule has 2 heterocycles. The number of nitrogens with one attached hydrogen (secondary N) is 1. The minimum absolute atomic E-state index is 0.0948. The summed E-state index contributed by atoms with van der Waals surface area (Å²) in [5.74, 6) is 1.33. The van der Waals surface area contributed by atoms with Gasteiger partial charge in [0.15, 0.2) is 5.96 Å². The van der Waals surface area contributed by atoms with Gasteiger partial charge in [0, 0.05) is 32.0 Å². The Balaban J connectivity index is 1.76. The standard InChI is InChI=1S/C22H33FN6/c1-5-25-22(26-14-20(27(3)4)18-6-8-19(23)9-7-18)28-12-10-17(2)21(15-28)29-13-11-24-16-29/h6-9,11,13,16-17,20-21H,5,10,12,14-15H2,1-4H3,(H,25,26). The number of rotatable bonds is 6. The van der Waals surface area contributed by atoms with Crippen molar-refractivity contribution in [2.24, 2.45) is 10.9 Å². The highest BCUT2D eigenvalue weighted by molar-refractivity contribution is 5.80. The Labute approximate surface area is 173 Å². The number of likely N-dealkylation sites (tertiary alicyclic amines) is 1. The van der Waals surface area contributed by atoms with E-state index in [1.165, 1.54) is 12.1 Å². The lowest BCUT2D eigenvalue weighted by Gasteiger charge is -2.39. The zero-order valence-electron chi connectivity index (χ0n) is 17.9. The fourth-order valence-electron chi connectivity index (χ4n) is 3.95. The van der Waals surface area contributed by atoms with Crippen LogP contribution in [-0.4, -0.2) is 65.6 Å². The Morgan fingerprint density at radius 2 is 2.10 bits per heavy atom. The van der Waals surface area contributed by atoms with Crippen molar-refractivity contribution in [1.29, 1.82) is 0 Å². The van der Waals surface area contributed by atoms with Crippen LogP contribution in [0.1, 0.15) is 37.9 Å². The first-order valence-corrected chi connectivity index (χ1v) is 10.4. The number of aromatic nitrogens is 2. The molecule has 1 N–H and O–H groups in total. The molecule has 1 aliphatic rings. The van der Waals surface area contributed by atoms with Crippen molar-refractivity contribution in [2.75, 3.05) is 40.3 Å². The van der Waals surface area contributed by atoms with Gasteiger partial charge in [-0.3, -0.25) is 4.99 Å². The lowest BCUT2D eigenvalue weighted by molar-refractivity contribution is 0.188. The molecule has 1 aromatic carbocycles. The van der Waals surface area contributed by atoms with Gasteiger partial charge in [-0.05, 0) is 51.1 Å². The van der Waals surface area contributed by atoms with Crippen LogP contribution in [0, 0.1) is 11.7 Å². The highest BCUT2D eigenvalue weighted by atomic mass is 19.1. The van der Waals surface area contributed by atoms with Crippen molar-refractivity contribution >= 4 is 5.96 Å². The van der Waals surface area contributed by atoms with E-state index < -0.39 is 0 Å². The summed E-state index contributed by atoms with van der Waals surface area (Å²) in [5.41, 5.74) is 1.07. The van der Waals surface area contributed by atoms with E-state index in [0.717, 1.165) is 37.6 Å². The highest BCUT2D eigenvalue weighted by Gasteiger charge is 2.29. The van der Waals surface area contributed by atoms with Crippen LogP contribution in [0.15, 0.2) is 48.0 Å². The van der Waals surface area contributed by atoms with E-state index in [2.05, 4.69) is 38.5 Å². The number of likely N-dealkylation sites (N-methyl/N-ethyl adjacent to an activating group) is 1. The molecule has 7 heteroatoms. The first-order chi connectivity index (χ1) is 14.0. The van der Waals surface area contributed by atoms with Gasteiger partial charge in [-0.2, -0.15) is 0 Å². The summed E-state index contributed by atoms with van der Waals surface area (Å²) < 4.78 is 15.5. The largest absolute Gasteiger partial charge is 0.357 e. The molecule has 158 valence electrons. The van der Waals surface area contributed by atoms with E-state index in [1.54, 1.807) is 0 Å². The molecule has 29 heavy (non-hydrogen) atoms. The molecule has 0 amide bonds. The summed E-state index contributed by atoms with van der Waals surface area (Å²) in [6.07, 6.45) is 6.91. The maximum atomic E-state index is 13.3. The van der Waals surface area contributed by atoms with Gasteiger partial charge < -0.3 is 19.7 Å². The van der Waals surface area contributed by atoms with E-state index in [4.69, 9.17) is 4.99 Å². The summed E-state index contributed by atoms with van der Waals surface area (Å²) >= 11 is 0. The molecule has 1 aromatic heterocycles. The second-order valence-corrected chi connectivity index (χ2v) is 8.01. The van der Waals surface area contributed by atoms with Crippen LogP contribution in [0.3, 0.4) is 0 Å². The third-order valence-corrected chi connectivity index (χ3v) is 5.75. The lowest BCUT2D eigenvalue weighted by atomic mass is 9.93. The number of aliphatic imine (C=N–C) groups is 1. The average molecular weight is 401 g/mol. The molecule has 1 fully saturated rings. The van der Waals surface area contributed by atoms with Crippen LogP contribution in [0.25, 0.3) is 0 Å². The number of piperidine rings is 1. The summed E-state index contributed by atoms with van der Waals surface area (Å²) in [5, 5.41) is 3.46. The van der Waals surface area contributed by atoms with Gasteiger partial charge in [0.1, 0.15) is 5.82 Å². The number of hydrogen-bond donors (Lipinski definition) is 1. The van der Waals surface area contributed by atoms with E-state index >= 15 is 0 Å². The zero-order valence-corrected chi connectivity index (χ0v) is 17.9. The fraction of sp³-hybridized carbons (Fsp3) is 0.545. The number of nitrogens with zero attached hydrogens (tertiary/aromatic N) is 5. The number of benzene rings is 1. The van der Waals surface area contributed by atoms with Crippen LogP contribution in [0.2, 0.25) is 0 Å². The van der Waals surface area contributed by atoms with Crippen LogP contribution >= 0.6 is 0 Å². The van der Waals surface area contributed by atoms with E-state index in [-0.39, 0.29) is 11.9 Å². The number of guanidine groups is 1. The van der Waals surface area contributed by atoms with Gasteiger partial charge in [-0.25, -0.2) is 9.37 Å². The number of hydrogen-bond acceptors (Lipinski definition) is 3. The maximum absolute atomic E-state index is 13.3. The minimum atomic E-state index is -0.212. The number of halogens is 1. The smallest absolute Gasteiger partial charge is 0.194 e.